The molecule has 3 heterocycles. The van der Waals surface area contributed by atoms with Gasteiger partial charge in [0, 0.05) is 49.4 Å². The molecular formula is C19H22N6O2. The maximum absolute atomic E-state index is 12.6. The molecule has 0 spiro atoms. The number of nitrogens with one attached hydrogen (secondary N) is 1. The Bertz CT molecular complexity index is 857. The Kier molecular flexibility index (Phi) is 4.70. The van der Waals surface area contributed by atoms with Crippen molar-refractivity contribution in [2.75, 3.05) is 6.54 Å². The highest BCUT2D eigenvalue weighted by Gasteiger charge is 2.31. The first kappa shape index (κ1) is 17.4. The molecule has 2 aliphatic rings. The van der Waals surface area contributed by atoms with E-state index in [1.54, 1.807) is 17.3 Å². The second-order valence-corrected chi connectivity index (χ2v) is 7.17. The molecule has 1 aliphatic carbocycles. The van der Waals surface area contributed by atoms with E-state index in [-0.39, 0.29) is 23.9 Å². The molecule has 2 aromatic rings. The van der Waals surface area contributed by atoms with Crippen molar-refractivity contribution in [3.05, 3.63) is 41.9 Å². The van der Waals surface area contributed by atoms with Crippen LogP contribution in [0.2, 0.25) is 0 Å². The van der Waals surface area contributed by atoms with Crippen molar-refractivity contribution in [2.45, 2.75) is 38.3 Å². The fraction of sp³-hybridized carbons (Fsp3) is 0.421. The molecule has 1 saturated carbocycles. The highest BCUT2D eigenvalue weighted by atomic mass is 16.2. The summed E-state index contributed by atoms with van der Waals surface area (Å²) in [6.07, 6.45) is 6.29. The monoisotopic (exact) mass is 366 g/mol. The van der Waals surface area contributed by atoms with Crippen LogP contribution in [0, 0.1) is 5.92 Å². The van der Waals surface area contributed by atoms with Gasteiger partial charge in [-0.3, -0.25) is 9.78 Å². The van der Waals surface area contributed by atoms with Gasteiger partial charge in [-0.1, -0.05) is 0 Å². The smallest absolute Gasteiger partial charge is 0.317 e. The predicted octanol–water partition coefficient (Wildman–Crippen LogP) is 1.26. The van der Waals surface area contributed by atoms with Crippen molar-refractivity contribution in [3.63, 3.8) is 0 Å². The number of rotatable bonds is 3. The van der Waals surface area contributed by atoms with Crippen LogP contribution in [0.3, 0.4) is 0 Å². The van der Waals surface area contributed by atoms with Gasteiger partial charge >= 0.3 is 6.03 Å². The van der Waals surface area contributed by atoms with Gasteiger partial charge in [0.25, 0.3) is 0 Å². The summed E-state index contributed by atoms with van der Waals surface area (Å²) >= 11 is 0. The van der Waals surface area contributed by atoms with Crippen LogP contribution in [0.4, 0.5) is 4.79 Å². The zero-order chi connectivity index (χ0) is 18.8. The first-order chi connectivity index (χ1) is 13.1. The molecule has 27 heavy (non-hydrogen) atoms. The number of urea groups is 1. The lowest BCUT2D eigenvalue weighted by Crippen LogP contribution is -2.46. The van der Waals surface area contributed by atoms with Crippen LogP contribution < -0.4 is 11.1 Å². The van der Waals surface area contributed by atoms with Gasteiger partial charge in [0.05, 0.1) is 11.4 Å². The molecule has 0 saturated heterocycles. The second-order valence-electron chi connectivity index (χ2n) is 7.17. The highest BCUT2D eigenvalue weighted by Crippen LogP contribution is 2.26. The van der Waals surface area contributed by atoms with Crippen molar-refractivity contribution in [2.24, 2.45) is 11.7 Å². The summed E-state index contributed by atoms with van der Waals surface area (Å²) in [7, 11) is 0. The van der Waals surface area contributed by atoms with Gasteiger partial charge in [-0.05, 0) is 43.0 Å². The number of fused-ring (bicyclic) bond motifs is 1. The second kappa shape index (κ2) is 7.30. The van der Waals surface area contributed by atoms with Crippen molar-refractivity contribution in [3.8, 4) is 11.3 Å². The highest BCUT2D eigenvalue weighted by molar-refractivity contribution is 5.78. The minimum atomic E-state index is -0.277. The minimum Gasteiger partial charge on any atom is -0.369 e. The van der Waals surface area contributed by atoms with Crippen LogP contribution in [-0.2, 0) is 17.8 Å². The fourth-order valence-corrected chi connectivity index (χ4v) is 3.80. The summed E-state index contributed by atoms with van der Waals surface area (Å²) in [5.74, 6) is -0.406. The average Bonchev–Trinajstić information content (AvgIpc) is 3.16. The molecule has 2 atom stereocenters. The standard InChI is InChI=1S/C19H22N6O2/c20-18(26)13-1-2-15(9-13)22-19(27)25-8-5-16-14(11-25)10-17(24-23-16)12-3-6-21-7-4-12/h3-4,6-7,10,13,15H,1-2,5,8-9,11H2,(H2,20,26)(H,22,27)/t13-,15+/m1/s1. The van der Waals surface area contributed by atoms with E-state index in [4.69, 9.17) is 5.73 Å². The van der Waals surface area contributed by atoms with Crippen LogP contribution in [0.15, 0.2) is 30.6 Å². The summed E-state index contributed by atoms with van der Waals surface area (Å²) in [6, 6.07) is 5.69. The molecule has 2 aromatic heterocycles. The molecule has 140 valence electrons. The van der Waals surface area contributed by atoms with Crippen molar-refractivity contribution >= 4 is 11.9 Å². The quantitative estimate of drug-likeness (QED) is 0.849. The van der Waals surface area contributed by atoms with Gasteiger partial charge in [-0.2, -0.15) is 10.2 Å². The van der Waals surface area contributed by atoms with Crippen molar-refractivity contribution < 1.29 is 9.59 Å². The first-order valence-electron chi connectivity index (χ1n) is 9.21. The zero-order valence-corrected chi connectivity index (χ0v) is 15.0. The van der Waals surface area contributed by atoms with Gasteiger partial charge < -0.3 is 16.0 Å². The summed E-state index contributed by atoms with van der Waals surface area (Å²) in [5.41, 5.74) is 9.05. The third-order valence-electron chi connectivity index (χ3n) is 5.37. The lowest BCUT2D eigenvalue weighted by atomic mass is 10.0. The normalized spacial score (nSPS) is 21.6. The largest absolute Gasteiger partial charge is 0.369 e. The molecule has 3 N–H and O–H groups in total. The summed E-state index contributed by atoms with van der Waals surface area (Å²) in [4.78, 5) is 29.8. The van der Waals surface area contributed by atoms with E-state index in [1.165, 1.54) is 0 Å². The van der Waals surface area contributed by atoms with E-state index in [0.717, 1.165) is 35.4 Å². The Labute approximate surface area is 157 Å². The van der Waals surface area contributed by atoms with Crippen LogP contribution >= 0.6 is 0 Å². The molecule has 0 unspecified atom stereocenters. The van der Waals surface area contributed by atoms with E-state index in [1.807, 2.05) is 18.2 Å². The van der Waals surface area contributed by atoms with E-state index < -0.39 is 0 Å². The number of nitrogens with two attached hydrogens (primary N) is 1. The van der Waals surface area contributed by atoms with Crippen molar-refractivity contribution in [1.82, 2.24) is 25.4 Å². The number of aromatic nitrogens is 3. The third kappa shape index (κ3) is 3.74. The summed E-state index contributed by atoms with van der Waals surface area (Å²) in [5, 5.41) is 11.7. The number of hydrogen-bond acceptors (Lipinski definition) is 5. The molecular weight excluding hydrogens is 344 g/mol. The van der Waals surface area contributed by atoms with Crippen LogP contribution in [0.5, 0.6) is 0 Å². The van der Waals surface area contributed by atoms with E-state index in [9.17, 15) is 9.59 Å². The van der Waals surface area contributed by atoms with Gasteiger partial charge in [0.1, 0.15) is 0 Å². The van der Waals surface area contributed by atoms with Crippen LogP contribution in [0.25, 0.3) is 11.3 Å². The number of carbonyl (C=O) groups excluding carboxylic acids is 2. The molecule has 0 aromatic carbocycles. The number of hydrogen-bond donors (Lipinski definition) is 2. The number of carbonyl (C=O) groups is 2. The van der Waals surface area contributed by atoms with Crippen LogP contribution in [-0.4, -0.2) is 44.6 Å². The Hall–Kier alpha value is -3.03. The van der Waals surface area contributed by atoms with Crippen molar-refractivity contribution in [1.29, 1.82) is 0 Å². The molecule has 1 aliphatic heterocycles. The number of primary amides is 1. The third-order valence-corrected chi connectivity index (χ3v) is 5.37. The zero-order valence-electron chi connectivity index (χ0n) is 15.0. The van der Waals surface area contributed by atoms with Gasteiger partial charge in [-0.25, -0.2) is 4.79 Å². The van der Waals surface area contributed by atoms with Gasteiger partial charge in [0.15, 0.2) is 0 Å². The van der Waals surface area contributed by atoms with Gasteiger partial charge in [0.2, 0.25) is 5.91 Å². The Morgan fingerprint density at radius 1 is 1.19 bits per heavy atom. The predicted molar refractivity (Wildman–Crippen MR) is 98.2 cm³/mol. The number of pyridine rings is 1. The lowest BCUT2D eigenvalue weighted by molar-refractivity contribution is -0.121. The first-order valence-corrected chi connectivity index (χ1v) is 9.21. The average molecular weight is 366 g/mol. The Morgan fingerprint density at radius 3 is 2.74 bits per heavy atom. The summed E-state index contributed by atoms with van der Waals surface area (Å²) in [6.45, 7) is 1.11. The minimum absolute atomic E-state index is 0.0133. The molecule has 1 fully saturated rings. The molecule has 0 radical (unpaired) electrons. The maximum atomic E-state index is 12.6. The topological polar surface area (TPSA) is 114 Å². The van der Waals surface area contributed by atoms with E-state index in [0.29, 0.717) is 25.9 Å². The molecule has 0 bridgehead atoms. The Balaban J connectivity index is 1.43. The molecule has 8 nitrogen and oxygen atoms in total. The molecule has 3 amide bonds. The number of amides is 3. The van der Waals surface area contributed by atoms with E-state index in [2.05, 4.69) is 20.5 Å². The fourth-order valence-electron chi connectivity index (χ4n) is 3.80. The summed E-state index contributed by atoms with van der Waals surface area (Å²) < 4.78 is 0. The Morgan fingerprint density at radius 2 is 2.00 bits per heavy atom. The number of nitrogens with zero attached hydrogens (tertiary/aromatic N) is 4. The molecule has 8 heteroatoms. The molecule has 4 rings (SSSR count). The van der Waals surface area contributed by atoms with Crippen LogP contribution in [0.1, 0.15) is 30.5 Å². The SMILES string of the molecule is NC(=O)[C@@H]1CC[C@H](NC(=O)N2CCc3nnc(-c4ccncc4)cc3C2)C1. The maximum Gasteiger partial charge on any atom is 0.317 e. The van der Waals surface area contributed by atoms with Gasteiger partial charge in [-0.15, -0.1) is 0 Å². The lowest BCUT2D eigenvalue weighted by Gasteiger charge is -2.29. The van der Waals surface area contributed by atoms with E-state index >= 15 is 0 Å².